The van der Waals surface area contributed by atoms with Crippen molar-refractivity contribution in [3.63, 3.8) is 0 Å². The van der Waals surface area contributed by atoms with Gasteiger partial charge < -0.3 is 5.11 Å². The molecule has 4 nitrogen and oxygen atoms in total. The van der Waals surface area contributed by atoms with Gasteiger partial charge in [0.15, 0.2) is 0 Å². The molecule has 0 unspecified atom stereocenters. The zero-order chi connectivity index (χ0) is 53.6. The number of rotatable bonds is 7. The second kappa shape index (κ2) is 18.0. The van der Waals surface area contributed by atoms with E-state index in [9.17, 15) is 9.22 Å². The van der Waals surface area contributed by atoms with Crippen molar-refractivity contribution >= 4 is 11.0 Å². The Morgan fingerprint density at radius 2 is 1.28 bits per heavy atom. The second-order valence-corrected chi connectivity index (χ2v) is 20.3. The third-order valence-electron chi connectivity index (χ3n) is 12.4. The molecule has 0 saturated carbocycles. The maximum Gasteiger partial charge on any atom is 0.148 e. The van der Waals surface area contributed by atoms with Gasteiger partial charge in [-0.1, -0.05) is 183 Å². The van der Waals surface area contributed by atoms with Gasteiger partial charge in [-0.05, 0) is 116 Å². The van der Waals surface area contributed by atoms with E-state index in [1.807, 2.05) is 78.2 Å². The number of fused-ring (bicyclic) bond motifs is 1. The van der Waals surface area contributed by atoms with E-state index in [0.717, 1.165) is 38.9 Å². The van der Waals surface area contributed by atoms with Crippen LogP contribution in [0, 0.1) is 19.8 Å². The van der Waals surface area contributed by atoms with Crippen LogP contribution in [0.5, 0.6) is 5.75 Å². The molecule has 0 radical (unpaired) electrons. The molecule has 67 heavy (non-hydrogen) atoms. The van der Waals surface area contributed by atoms with E-state index in [2.05, 4.69) is 105 Å². The van der Waals surface area contributed by atoms with Gasteiger partial charge in [-0.15, -0.1) is 29.3 Å². The van der Waals surface area contributed by atoms with Gasteiger partial charge in [0.05, 0.1) is 29.1 Å². The van der Waals surface area contributed by atoms with Gasteiger partial charge in [0.1, 0.15) is 11.6 Å². The summed E-state index contributed by atoms with van der Waals surface area (Å²) in [5.41, 5.74) is 11.4. The molecule has 9 rings (SSSR count). The summed E-state index contributed by atoms with van der Waals surface area (Å²) in [6.07, 6.45) is 1.56. The van der Waals surface area contributed by atoms with Crippen LogP contribution in [0.1, 0.15) is 101 Å². The molecule has 2 aromatic heterocycles. The van der Waals surface area contributed by atoms with Crippen LogP contribution >= 0.6 is 0 Å². The van der Waals surface area contributed by atoms with Gasteiger partial charge in [0.25, 0.3) is 0 Å². The van der Waals surface area contributed by atoms with Gasteiger partial charge in [-0.2, -0.15) is 0 Å². The minimum absolute atomic E-state index is 0. The second-order valence-electron chi connectivity index (χ2n) is 20.3. The molecular weight excluding hydrogens is 998 g/mol. The first-order chi connectivity index (χ1) is 34.6. The summed E-state index contributed by atoms with van der Waals surface area (Å²) in [5.74, 6) is 0.390. The molecule has 0 aliphatic heterocycles. The van der Waals surface area contributed by atoms with Crippen LogP contribution in [0.25, 0.3) is 83.9 Å². The Balaban J connectivity index is 0.00000747. The average molecular weight is 1070 g/mol. The number of hydrogen-bond donors (Lipinski definition) is 1. The van der Waals surface area contributed by atoms with Crippen molar-refractivity contribution in [1.82, 2.24) is 14.5 Å². The first-order valence-electron chi connectivity index (χ1n) is 26.5. The third-order valence-corrected chi connectivity index (χ3v) is 12.4. The maximum atomic E-state index is 12.1. The third kappa shape index (κ3) is 9.22. The Morgan fingerprint density at radius 1 is 0.597 bits per heavy atom. The Morgan fingerprint density at radius 3 is 1.99 bits per heavy atom. The summed E-state index contributed by atoms with van der Waals surface area (Å²) in [4.78, 5) is 10.2. The van der Waals surface area contributed by atoms with Gasteiger partial charge in [0, 0.05) is 37.1 Å². The SMILES string of the molecule is [2H]c1c([2H])c([2H])c(-c2ccnc(-c3[c-]c(-c4cccc5c4nc(-c4cc(C(C)(C)C)cc(C)c4O)n5-c4ccc(-c5c(-c6ccccc6)cccc5C(C)(C)C)cc4C([2H])([2H])[2H])cc(C(C)(C)C)c3)c2)c([2H])c1[2H].[Pt]. The fourth-order valence-corrected chi connectivity index (χ4v) is 8.77. The van der Waals surface area contributed by atoms with E-state index in [1.54, 1.807) is 24.4 Å². The first kappa shape index (κ1) is 37.7. The van der Waals surface area contributed by atoms with Gasteiger partial charge >= 0.3 is 0 Å². The standard InChI is InChI=1S/C62H60N3O.Pt/c1-39-32-44(56-49(42-22-16-13-17-23-42)24-18-26-52(56)62(9,10)11)28-29-54(39)65-55-27-19-25-50(57(55)64-59(65)51-38-47(60(3,4)5)33-40(2)58(51)66)45-34-46(36-48(35-45)61(6,7)8)53-37-43(30-31-63-53)41-20-14-12-15-21-41;/h12-33,35-38,66H,1-11H3;/q-1;/i1D3,12D,14D,15D,20D,21D;. The normalized spacial score (nSPS) is 13.9. The van der Waals surface area contributed by atoms with Crippen LogP contribution in [-0.2, 0) is 37.3 Å². The number of aromatic nitrogens is 3. The Kier molecular flexibility index (Phi) is 10.2. The van der Waals surface area contributed by atoms with E-state index in [4.69, 9.17) is 16.8 Å². The predicted octanol–water partition coefficient (Wildman–Crippen LogP) is 16.4. The fourth-order valence-electron chi connectivity index (χ4n) is 8.77. The van der Waals surface area contributed by atoms with Crippen molar-refractivity contribution in [1.29, 1.82) is 0 Å². The molecule has 0 amide bonds. The number of phenols is 1. The molecule has 0 spiro atoms. The molecule has 0 bridgehead atoms. The van der Waals surface area contributed by atoms with Crippen molar-refractivity contribution < 1.29 is 37.1 Å². The van der Waals surface area contributed by atoms with Crippen LogP contribution in [-0.4, -0.2) is 19.6 Å². The summed E-state index contributed by atoms with van der Waals surface area (Å²) in [6.45, 7) is 18.4. The monoisotopic (exact) mass is 1070 g/mol. The minimum atomic E-state index is -2.61. The van der Waals surface area contributed by atoms with Crippen molar-refractivity contribution in [2.75, 3.05) is 0 Å². The summed E-state index contributed by atoms with van der Waals surface area (Å²) < 4.78 is 71.8. The molecular formula is C62H60N3OPt-. The summed E-state index contributed by atoms with van der Waals surface area (Å²) in [5, 5.41) is 12.1. The summed E-state index contributed by atoms with van der Waals surface area (Å²) >= 11 is 0. The number of para-hydroxylation sites is 1. The number of benzene rings is 7. The maximum absolute atomic E-state index is 12.1. The molecule has 5 heteroatoms. The quantitative estimate of drug-likeness (QED) is 0.162. The van der Waals surface area contributed by atoms with Crippen molar-refractivity contribution in [2.45, 2.75) is 92.3 Å². The van der Waals surface area contributed by atoms with Crippen LogP contribution in [0.3, 0.4) is 0 Å². The van der Waals surface area contributed by atoms with Crippen molar-refractivity contribution in [2.24, 2.45) is 0 Å². The molecule has 0 saturated heterocycles. The zero-order valence-electron chi connectivity index (χ0n) is 47.7. The number of aryl methyl sites for hydroxylation is 2. The van der Waals surface area contributed by atoms with Crippen LogP contribution in [0.2, 0.25) is 0 Å². The first-order valence-corrected chi connectivity index (χ1v) is 22.5. The van der Waals surface area contributed by atoms with E-state index >= 15 is 0 Å². The van der Waals surface area contributed by atoms with Gasteiger partial charge in [-0.25, -0.2) is 4.98 Å². The zero-order valence-corrected chi connectivity index (χ0v) is 42.0. The van der Waals surface area contributed by atoms with Crippen LogP contribution in [0.15, 0.2) is 158 Å². The number of imidazole rings is 1. The number of nitrogens with zero attached hydrogens (tertiary/aromatic N) is 3. The molecule has 340 valence electrons. The molecule has 9 aromatic rings. The Labute approximate surface area is 423 Å². The van der Waals surface area contributed by atoms with Gasteiger partial charge in [0.2, 0.25) is 0 Å². The van der Waals surface area contributed by atoms with Crippen molar-refractivity contribution in [3.05, 3.63) is 192 Å². The topological polar surface area (TPSA) is 50.9 Å². The minimum Gasteiger partial charge on any atom is -0.507 e. The number of phenolic OH excluding ortho intramolecular Hbond substituents is 1. The number of aromatic hydroxyl groups is 1. The van der Waals surface area contributed by atoms with Crippen molar-refractivity contribution in [3.8, 4) is 78.6 Å². The van der Waals surface area contributed by atoms with Crippen LogP contribution < -0.4 is 0 Å². The van der Waals surface area contributed by atoms with Crippen LogP contribution in [0.4, 0.5) is 0 Å². The summed E-state index contributed by atoms with van der Waals surface area (Å²) in [6, 6.07) is 40.9. The Bertz CT molecular complexity index is 3660. The number of hydrogen-bond acceptors (Lipinski definition) is 3. The molecule has 2 heterocycles. The molecule has 0 aliphatic rings. The van der Waals surface area contributed by atoms with E-state index in [0.29, 0.717) is 61.6 Å². The predicted molar refractivity (Wildman–Crippen MR) is 278 cm³/mol. The molecule has 0 atom stereocenters. The molecule has 0 fully saturated rings. The summed E-state index contributed by atoms with van der Waals surface area (Å²) in [7, 11) is 0. The van der Waals surface area contributed by atoms with E-state index in [1.165, 1.54) is 0 Å². The fraction of sp³-hybridized carbons (Fsp3) is 0.226. The molecule has 1 N–H and O–H groups in total. The molecule has 0 aliphatic carbocycles. The largest absolute Gasteiger partial charge is 0.507 e. The molecule has 7 aromatic carbocycles. The smallest absolute Gasteiger partial charge is 0.148 e. The number of pyridine rings is 1. The van der Waals surface area contributed by atoms with E-state index < -0.39 is 25.0 Å². The van der Waals surface area contributed by atoms with E-state index in [-0.39, 0.29) is 66.3 Å². The average Bonchev–Trinajstić information content (AvgIpc) is 3.74. The van der Waals surface area contributed by atoms with Gasteiger partial charge in [-0.3, -0.25) is 9.55 Å². The Hall–Kier alpha value is -6.35.